The van der Waals surface area contributed by atoms with Crippen LogP contribution >= 0.6 is 23.2 Å². The molecule has 1 rings (SSSR count). The molecule has 0 aliphatic heterocycles. The SMILES string of the molecule is CCNc1nc(NC(C)(CC)CO)c(Cl)cc1Cl. The molecule has 0 fully saturated rings. The van der Waals surface area contributed by atoms with Gasteiger partial charge in [0.15, 0.2) is 0 Å². The average molecular weight is 292 g/mol. The molecule has 1 heterocycles. The number of halogens is 2. The number of hydrogen-bond donors (Lipinski definition) is 3. The van der Waals surface area contributed by atoms with Crippen LogP contribution in [0.5, 0.6) is 0 Å². The highest BCUT2D eigenvalue weighted by molar-refractivity contribution is 6.37. The van der Waals surface area contributed by atoms with E-state index in [-0.39, 0.29) is 6.61 Å². The number of nitrogens with zero attached hydrogens (tertiary/aromatic N) is 1. The predicted octanol–water partition coefficient (Wildman–Crippen LogP) is 3.39. The van der Waals surface area contributed by atoms with Crippen LogP contribution in [0.4, 0.5) is 11.6 Å². The number of nitrogens with one attached hydrogen (secondary N) is 2. The van der Waals surface area contributed by atoms with E-state index in [2.05, 4.69) is 15.6 Å². The molecule has 1 atom stereocenters. The second-order valence-electron chi connectivity index (χ2n) is 4.38. The van der Waals surface area contributed by atoms with Gasteiger partial charge in [0.05, 0.1) is 22.2 Å². The molecule has 0 radical (unpaired) electrons. The van der Waals surface area contributed by atoms with Crippen LogP contribution in [0.15, 0.2) is 6.07 Å². The largest absolute Gasteiger partial charge is 0.394 e. The highest BCUT2D eigenvalue weighted by atomic mass is 35.5. The molecule has 0 spiro atoms. The Labute approximate surface area is 118 Å². The summed E-state index contributed by atoms with van der Waals surface area (Å²) >= 11 is 12.1. The molecule has 0 aliphatic carbocycles. The van der Waals surface area contributed by atoms with E-state index in [1.807, 2.05) is 20.8 Å². The van der Waals surface area contributed by atoms with Gasteiger partial charge in [0.2, 0.25) is 0 Å². The van der Waals surface area contributed by atoms with Crippen LogP contribution in [0.2, 0.25) is 10.0 Å². The fraction of sp³-hybridized carbons (Fsp3) is 0.583. The Bertz CT molecular complexity index is 409. The molecule has 3 N–H and O–H groups in total. The van der Waals surface area contributed by atoms with E-state index in [9.17, 15) is 5.11 Å². The summed E-state index contributed by atoms with van der Waals surface area (Å²) in [5.41, 5.74) is -0.450. The molecule has 1 aromatic heterocycles. The first-order valence-corrected chi connectivity index (χ1v) is 6.70. The van der Waals surface area contributed by atoms with E-state index in [0.717, 1.165) is 13.0 Å². The van der Waals surface area contributed by atoms with Gasteiger partial charge in [-0.15, -0.1) is 0 Å². The van der Waals surface area contributed by atoms with Gasteiger partial charge in [0, 0.05) is 6.54 Å². The summed E-state index contributed by atoms with van der Waals surface area (Å²) in [6.45, 7) is 6.58. The molecule has 4 nitrogen and oxygen atoms in total. The predicted molar refractivity (Wildman–Crippen MR) is 77.8 cm³/mol. The number of aliphatic hydroxyl groups is 1. The van der Waals surface area contributed by atoms with Crippen molar-refractivity contribution < 1.29 is 5.11 Å². The van der Waals surface area contributed by atoms with Crippen LogP contribution in [0.3, 0.4) is 0 Å². The van der Waals surface area contributed by atoms with Gasteiger partial charge in [0.25, 0.3) is 0 Å². The summed E-state index contributed by atoms with van der Waals surface area (Å²) in [5.74, 6) is 1.11. The van der Waals surface area contributed by atoms with Gasteiger partial charge in [-0.3, -0.25) is 0 Å². The summed E-state index contributed by atoms with van der Waals surface area (Å²) in [7, 11) is 0. The first-order valence-electron chi connectivity index (χ1n) is 5.94. The maximum absolute atomic E-state index is 9.39. The highest BCUT2D eigenvalue weighted by Crippen LogP contribution is 2.31. The maximum atomic E-state index is 9.39. The van der Waals surface area contributed by atoms with Crippen molar-refractivity contribution in [2.75, 3.05) is 23.8 Å². The smallest absolute Gasteiger partial charge is 0.147 e. The molecule has 0 bridgehead atoms. The Morgan fingerprint density at radius 2 is 1.89 bits per heavy atom. The lowest BCUT2D eigenvalue weighted by molar-refractivity contribution is 0.218. The molecular formula is C12H19Cl2N3O. The average Bonchev–Trinajstić information content (AvgIpc) is 2.35. The summed E-state index contributed by atoms with van der Waals surface area (Å²) < 4.78 is 0. The lowest BCUT2D eigenvalue weighted by Crippen LogP contribution is -2.38. The fourth-order valence-corrected chi connectivity index (χ4v) is 1.84. The van der Waals surface area contributed by atoms with E-state index in [4.69, 9.17) is 23.2 Å². The minimum absolute atomic E-state index is 0.000670. The van der Waals surface area contributed by atoms with Gasteiger partial charge >= 0.3 is 0 Å². The number of anilines is 2. The minimum atomic E-state index is -0.450. The second kappa shape index (κ2) is 6.45. The van der Waals surface area contributed by atoms with Gasteiger partial charge in [-0.2, -0.15) is 0 Å². The van der Waals surface area contributed by atoms with Crippen molar-refractivity contribution >= 4 is 34.8 Å². The normalized spacial score (nSPS) is 14.1. The van der Waals surface area contributed by atoms with Crippen LogP contribution in [0.25, 0.3) is 0 Å². The second-order valence-corrected chi connectivity index (χ2v) is 5.19. The zero-order chi connectivity index (χ0) is 13.8. The van der Waals surface area contributed by atoms with Crippen molar-refractivity contribution in [2.45, 2.75) is 32.7 Å². The number of hydrogen-bond acceptors (Lipinski definition) is 4. The van der Waals surface area contributed by atoms with E-state index in [1.165, 1.54) is 0 Å². The third-order valence-corrected chi connectivity index (χ3v) is 3.40. The molecule has 1 aromatic rings. The molecule has 18 heavy (non-hydrogen) atoms. The summed E-state index contributed by atoms with van der Waals surface area (Å²) in [6, 6.07) is 1.64. The molecule has 1 unspecified atom stereocenters. The standard InChI is InChI=1S/C12H19Cl2N3O/c1-4-12(3,7-18)17-11-9(14)6-8(13)10(16-11)15-5-2/h6,18H,4-5,7H2,1-3H3,(H2,15,16,17). The first kappa shape index (κ1) is 15.3. The Kier molecular flexibility index (Phi) is 5.50. The van der Waals surface area contributed by atoms with Crippen LogP contribution in [-0.2, 0) is 0 Å². The van der Waals surface area contributed by atoms with E-state index in [1.54, 1.807) is 6.07 Å². The van der Waals surface area contributed by atoms with Gasteiger partial charge in [-0.05, 0) is 26.3 Å². The number of rotatable bonds is 6. The quantitative estimate of drug-likeness (QED) is 0.752. The molecule has 0 saturated carbocycles. The lowest BCUT2D eigenvalue weighted by Gasteiger charge is -2.28. The molecule has 0 aromatic carbocycles. The Hall–Kier alpha value is -0.710. The third kappa shape index (κ3) is 3.64. The van der Waals surface area contributed by atoms with Crippen LogP contribution in [0.1, 0.15) is 27.2 Å². The first-order chi connectivity index (χ1) is 8.45. The molecule has 0 saturated heterocycles. The van der Waals surface area contributed by atoms with Crippen molar-refractivity contribution in [1.29, 1.82) is 0 Å². The third-order valence-electron chi connectivity index (χ3n) is 2.82. The van der Waals surface area contributed by atoms with E-state index in [0.29, 0.717) is 21.7 Å². The number of pyridine rings is 1. The fourth-order valence-electron chi connectivity index (χ4n) is 1.37. The number of aromatic nitrogens is 1. The molecule has 6 heteroatoms. The molecule has 0 amide bonds. The monoisotopic (exact) mass is 291 g/mol. The van der Waals surface area contributed by atoms with Crippen LogP contribution in [-0.4, -0.2) is 28.8 Å². The van der Waals surface area contributed by atoms with Crippen LogP contribution < -0.4 is 10.6 Å². The van der Waals surface area contributed by atoms with Gasteiger partial charge in [-0.25, -0.2) is 4.98 Å². The zero-order valence-corrected chi connectivity index (χ0v) is 12.4. The van der Waals surface area contributed by atoms with Crippen LogP contribution in [0, 0.1) is 0 Å². The molecule has 102 valence electrons. The van der Waals surface area contributed by atoms with Crippen molar-refractivity contribution in [3.63, 3.8) is 0 Å². The van der Waals surface area contributed by atoms with Crippen molar-refractivity contribution in [3.05, 3.63) is 16.1 Å². The maximum Gasteiger partial charge on any atom is 0.147 e. The Morgan fingerprint density at radius 1 is 1.28 bits per heavy atom. The van der Waals surface area contributed by atoms with Gasteiger partial charge in [-0.1, -0.05) is 30.1 Å². The van der Waals surface area contributed by atoms with Gasteiger partial charge < -0.3 is 15.7 Å². The molecular weight excluding hydrogens is 273 g/mol. The Morgan fingerprint density at radius 3 is 2.39 bits per heavy atom. The zero-order valence-electron chi connectivity index (χ0n) is 10.8. The highest BCUT2D eigenvalue weighted by Gasteiger charge is 2.23. The minimum Gasteiger partial charge on any atom is -0.394 e. The van der Waals surface area contributed by atoms with E-state index < -0.39 is 5.54 Å². The summed E-state index contributed by atoms with van der Waals surface area (Å²) in [4.78, 5) is 4.35. The Balaban J connectivity index is 3.05. The summed E-state index contributed by atoms with van der Waals surface area (Å²) in [6.07, 6.45) is 0.751. The van der Waals surface area contributed by atoms with Gasteiger partial charge in [0.1, 0.15) is 11.6 Å². The topological polar surface area (TPSA) is 57.2 Å². The van der Waals surface area contributed by atoms with Crippen molar-refractivity contribution in [3.8, 4) is 0 Å². The van der Waals surface area contributed by atoms with E-state index >= 15 is 0 Å². The van der Waals surface area contributed by atoms with Crippen molar-refractivity contribution in [1.82, 2.24) is 4.98 Å². The number of aliphatic hydroxyl groups excluding tert-OH is 1. The van der Waals surface area contributed by atoms with Crippen molar-refractivity contribution in [2.24, 2.45) is 0 Å². The molecule has 0 aliphatic rings. The summed E-state index contributed by atoms with van der Waals surface area (Å²) in [5, 5.41) is 16.5. The lowest BCUT2D eigenvalue weighted by atomic mass is 10.0.